The van der Waals surface area contributed by atoms with Crippen LogP contribution in [0.1, 0.15) is 24.2 Å². The molecule has 1 aromatic carbocycles. The molecule has 1 rings (SSSR count). The molecule has 0 saturated carbocycles. The Hall–Kier alpha value is -0.340. The first-order valence-electron chi connectivity index (χ1n) is 5.96. The number of ether oxygens (including phenoxy) is 1. The van der Waals surface area contributed by atoms with Crippen LogP contribution in [0.2, 0.25) is 5.02 Å². The van der Waals surface area contributed by atoms with E-state index in [2.05, 4.69) is 21.2 Å². The van der Waals surface area contributed by atoms with E-state index in [-0.39, 0.29) is 32.6 Å². The average molecular weight is 419 g/mol. The smallest absolute Gasteiger partial charge is 0.261 e. The first kappa shape index (κ1) is 18.7. The molecular weight excluding hydrogens is 405 g/mol. The topological polar surface area (TPSA) is 72.5 Å². The Morgan fingerprint density at radius 3 is 2.57 bits per heavy atom. The number of halogens is 3. The van der Waals surface area contributed by atoms with E-state index in [1.54, 1.807) is 0 Å². The highest BCUT2D eigenvalue weighted by Crippen LogP contribution is 2.31. The van der Waals surface area contributed by atoms with Crippen molar-refractivity contribution in [1.82, 2.24) is 5.32 Å². The zero-order valence-electron chi connectivity index (χ0n) is 11.3. The van der Waals surface area contributed by atoms with E-state index in [9.17, 15) is 13.2 Å². The molecule has 0 atom stereocenters. The third-order valence-electron chi connectivity index (χ3n) is 2.37. The Balaban J connectivity index is 2.91. The summed E-state index contributed by atoms with van der Waals surface area (Å²) in [6.45, 7) is 4.38. The normalized spacial score (nSPS) is 11.7. The average Bonchev–Trinajstić information content (AvgIpc) is 2.35. The third-order valence-corrected chi connectivity index (χ3v) is 4.96. The second kappa shape index (κ2) is 7.78. The lowest BCUT2D eigenvalue weighted by Crippen LogP contribution is -2.28. The summed E-state index contributed by atoms with van der Waals surface area (Å²) < 4.78 is 28.3. The van der Waals surface area contributed by atoms with Crippen molar-refractivity contribution in [1.29, 1.82) is 0 Å². The molecule has 0 bridgehead atoms. The first-order valence-corrected chi connectivity index (χ1v) is 9.44. The highest BCUT2D eigenvalue weighted by Gasteiger charge is 2.19. The van der Waals surface area contributed by atoms with Crippen LogP contribution in [0.3, 0.4) is 0 Å². The Kier molecular flexibility index (Phi) is 6.93. The summed E-state index contributed by atoms with van der Waals surface area (Å²) in [5, 5.41) is 2.71. The Bertz CT molecular complexity index is 634. The number of amides is 1. The highest BCUT2D eigenvalue weighted by atomic mass is 79.9. The molecular formula is C12H14BrCl2NO4S. The molecule has 1 aromatic rings. The second-order valence-electron chi connectivity index (χ2n) is 4.38. The lowest BCUT2D eigenvalue weighted by Gasteiger charge is -2.11. The van der Waals surface area contributed by atoms with E-state index in [1.807, 2.05) is 13.8 Å². The minimum atomic E-state index is -3.96. The van der Waals surface area contributed by atoms with Gasteiger partial charge in [-0.3, -0.25) is 4.79 Å². The van der Waals surface area contributed by atoms with Crippen LogP contribution in [0.5, 0.6) is 0 Å². The summed E-state index contributed by atoms with van der Waals surface area (Å²) in [5.41, 5.74) is 0.0230. The molecule has 1 N–H and O–H groups in total. The van der Waals surface area contributed by atoms with Gasteiger partial charge in [-0.2, -0.15) is 0 Å². The number of carbonyl (C=O) groups is 1. The summed E-state index contributed by atoms with van der Waals surface area (Å²) in [5.74, 6) is -0.504. The van der Waals surface area contributed by atoms with Gasteiger partial charge in [0.05, 0.1) is 28.2 Å². The van der Waals surface area contributed by atoms with E-state index in [0.29, 0.717) is 6.61 Å². The number of carbonyl (C=O) groups excluding carboxylic acids is 1. The predicted octanol–water partition coefficient (Wildman–Crippen LogP) is 3.18. The molecule has 118 valence electrons. The monoisotopic (exact) mass is 417 g/mol. The Morgan fingerprint density at radius 1 is 1.43 bits per heavy atom. The highest BCUT2D eigenvalue weighted by molar-refractivity contribution is 9.10. The minimum Gasteiger partial charge on any atom is -0.377 e. The second-order valence-corrected chi connectivity index (χ2v) is 8.18. The van der Waals surface area contributed by atoms with Gasteiger partial charge in [-0.05, 0) is 41.9 Å². The van der Waals surface area contributed by atoms with Crippen LogP contribution in [-0.2, 0) is 13.8 Å². The van der Waals surface area contributed by atoms with E-state index in [4.69, 9.17) is 27.0 Å². The molecule has 0 spiro atoms. The molecule has 9 heteroatoms. The molecule has 0 unspecified atom stereocenters. The van der Waals surface area contributed by atoms with Gasteiger partial charge in [0.2, 0.25) is 0 Å². The van der Waals surface area contributed by atoms with Crippen LogP contribution in [-0.4, -0.2) is 33.6 Å². The lowest BCUT2D eigenvalue weighted by atomic mass is 10.2. The maximum atomic E-state index is 12.0. The largest absolute Gasteiger partial charge is 0.377 e. The van der Waals surface area contributed by atoms with Gasteiger partial charge in [-0.25, -0.2) is 8.42 Å². The quantitative estimate of drug-likeness (QED) is 0.568. The predicted molar refractivity (Wildman–Crippen MR) is 85.6 cm³/mol. The molecule has 0 radical (unpaired) electrons. The van der Waals surface area contributed by atoms with Crippen molar-refractivity contribution < 1.29 is 17.9 Å². The molecule has 0 heterocycles. The number of rotatable bonds is 6. The van der Waals surface area contributed by atoms with Gasteiger partial charge in [0.15, 0.2) is 0 Å². The molecule has 5 nitrogen and oxygen atoms in total. The number of nitrogens with one attached hydrogen (secondary N) is 1. The fourth-order valence-electron chi connectivity index (χ4n) is 1.42. The standard InChI is InChI=1S/C12H14BrCl2NO4S/c1-7(2)20-4-3-16-12(17)9-5-8(21(15,18)19)6-10(13)11(9)14/h5-7H,3-4H2,1-2H3,(H,16,17). The van der Waals surface area contributed by atoms with E-state index in [1.165, 1.54) is 6.07 Å². The van der Waals surface area contributed by atoms with Gasteiger partial charge in [-0.15, -0.1) is 0 Å². The van der Waals surface area contributed by atoms with Crippen molar-refractivity contribution in [2.75, 3.05) is 13.2 Å². The summed E-state index contributed by atoms with van der Waals surface area (Å²) in [7, 11) is 1.32. The van der Waals surface area contributed by atoms with Gasteiger partial charge in [0.25, 0.3) is 15.0 Å². The summed E-state index contributed by atoms with van der Waals surface area (Å²) in [6.07, 6.45) is 0.0596. The van der Waals surface area contributed by atoms with E-state index < -0.39 is 15.0 Å². The van der Waals surface area contributed by atoms with Crippen molar-refractivity contribution in [3.05, 3.63) is 27.2 Å². The van der Waals surface area contributed by atoms with Crippen LogP contribution >= 0.6 is 38.2 Å². The van der Waals surface area contributed by atoms with Crippen molar-refractivity contribution in [2.45, 2.75) is 24.8 Å². The summed E-state index contributed by atoms with van der Waals surface area (Å²) in [6, 6.07) is 2.37. The maximum absolute atomic E-state index is 12.0. The van der Waals surface area contributed by atoms with Gasteiger partial charge in [-0.1, -0.05) is 11.6 Å². The van der Waals surface area contributed by atoms with Crippen LogP contribution in [0.4, 0.5) is 0 Å². The number of benzene rings is 1. The molecule has 0 fully saturated rings. The van der Waals surface area contributed by atoms with Gasteiger partial charge in [0, 0.05) is 21.7 Å². The van der Waals surface area contributed by atoms with Gasteiger partial charge >= 0.3 is 0 Å². The van der Waals surface area contributed by atoms with Crippen molar-refractivity contribution in [3.63, 3.8) is 0 Å². The van der Waals surface area contributed by atoms with Crippen LogP contribution in [0.15, 0.2) is 21.5 Å². The van der Waals surface area contributed by atoms with Gasteiger partial charge < -0.3 is 10.1 Å². The van der Waals surface area contributed by atoms with Gasteiger partial charge in [0.1, 0.15) is 0 Å². The first-order chi connectivity index (χ1) is 9.62. The Morgan fingerprint density at radius 2 is 2.05 bits per heavy atom. The molecule has 0 saturated heterocycles. The van der Waals surface area contributed by atoms with E-state index >= 15 is 0 Å². The zero-order valence-corrected chi connectivity index (χ0v) is 15.2. The van der Waals surface area contributed by atoms with Crippen molar-refractivity contribution in [3.8, 4) is 0 Å². The zero-order chi connectivity index (χ0) is 16.2. The SMILES string of the molecule is CC(C)OCCNC(=O)c1cc(S(=O)(=O)Cl)cc(Br)c1Cl. The van der Waals surface area contributed by atoms with Crippen molar-refractivity contribution >= 4 is 53.2 Å². The van der Waals surface area contributed by atoms with Crippen LogP contribution < -0.4 is 5.32 Å². The summed E-state index contributed by atoms with van der Waals surface area (Å²) >= 11 is 9.10. The fraction of sp³-hybridized carbons (Fsp3) is 0.417. The molecule has 0 aromatic heterocycles. The van der Waals surface area contributed by atoms with Crippen LogP contribution in [0.25, 0.3) is 0 Å². The number of hydrogen-bond donors (Lipinski definition) is 1. The maximum Gasteiger partial charge on any atom is 0.261 e. The van der Waals surface area contributed by atoms with E-state index in [0.717, 1.165) is 6.07 Å². The molecule has 0 aliphatic carbocycles. The third kappa shape index (κ3) is 5.75. The number of hydrogen-bond acceptors (Lipinski definition) is 4. The lowest BCUT2D eigenvalue weighted by molar-refractivity contribution is 0.0746. The fourth-order valence-corrected chi connectivity index (χ4v) is 3.02. The minimum absolute atomic E-state index is 0.0230. The molecule has 0 aliphatic rings. The van der Waals surface area contributed by atoms with Crippen LogP contribution in [0, 0.1) is 0 Å². The summed E-state index contributed by atoms with van der Waals surface area (Å²) in [4.78, 5) is 11.8. The Labute approximate surface area is 141 Å². The molecule has 0 aliphatic heterocycles. The molecule has 21 heavy (non-hydrogen) atoms. The molecule has 1 amide bonds. The van der Waals surface area contributed by atoms with Crippen molar-refractivity contribution in [2.24, 2.45) is 0 Å².